The second-order valence-corrected chi connectivity index (χ2v) is 4.72. The summed E-state index contributed by atoms with van der Waals surface area (Å²) in [6.07, 6.45) is 3.92. The molecular formula is C12H24ClN. The molecular weight excluding hydrogens is 194 g/mol. The Hall–Kier alpha value is -0.0100. The van der Waals surface area contributed by atoms with E-state index in [1.54, 1.807) is 11.1 Å². The molecule has 0 fully saturated rings. The van der Waals surface area contributed by atoms with E-state index in [1.807, 2.05) is 0 Å². The van der Waals surface area contributed by atoms with Crippen molar-refractivity contribution >= 4 is 12.4 Å². The molecule has 14 heavy (non-hydrogen) atoms. The van der Waals surface area contributed by atoms with E-state index in [1.165, 1.54) is 19.3 Å². The minimum Gasteiger partial charge on any atom is -0.317 e. The number of nitrogens with one attached hydrogen (secondary N) is 1. The van der Waals surface area contributed by atoms with E-state index in [4.69, 9.17) is 0 Å². The Morgan fingerprint density at radius 3 is 2.43 bits per heavy atom. The maximum atomic E-state index is 3.39. The van der Waals surface area contributed by atoms with Gasteiger partial charge in [0, 0.05) is 0 Å². The van der Waals surface area contributed by atoms with Gasteiger partial charge in [0.2, 0.25) is 0 Å². The third-order valence-corrected chi connectivity index (χ3v) is 3.45. The lowest BCUT2D eigenvalue weighted by Gasteiger charge is -2.19. The van der Waals surface area contributed by atoms with Gasteiger partial charge in [0.1, 0.15) is 0 Å². The number of rotatable bonds is 4. The summed E-state index contributed by atoms with van der Waals surface area (Å²) in [4.78, 5) is 0. The van der Waals surface area contributed by atoms with E-state index in [0.29, 0.717) is 5.41 Å². The minimum atomic E-state index is 0. The SMILES string of the molecule is CCNCCC1=C(C)C(C)(C)CC1.Cl. The van der Waals surface area contributed by atoms with Crippen LogP contribution in [0.4, 0.5) is 0 Å². The number of hydrogen-bond acceptors (Lipinski definition) is 1. The lowest BCUT2D eigenvalue weighted by Crippen LogP contribution is -2.14. The fourth-order valence-corrected chi connectivity index (χ4v) is 2.05. The first-order chi connectivity index (χ1) is 6.08. The second-order valence-electron chi connectivity index (χ2n) is 4.72. The third kappa shape index (κ3) is 3.29. The highest BCUT2D eigenvalue weighted by molar-refractivity contribution is 5.85. The van der Waals surface area contributed by atoms with Crippen LogP contribution >= 0.6 is 12.4 Å². The van der Waals surface area contributed by atoms with Gasteiger partial charge in [-0.15, -0.1) is 12.4 Å². The highest BCUT2D eigenvalue weighted by Gasteiger charge is 2.28. The number of hydrogen-bond donors (Lipinski definition) is 1. The predicted molar refractivity (Wildman–Crippen MR) is 66.1 cm³/mol. The van der Waals surface area contributed by atoms with Gasteiger partial charge >= 0.3 is 0 Å². The standard InChI is InChI=1S/C12H23N.ClH/c1-5-13-9-7-11-6-8-12(3,4)10(11)2;/h13H,5-9H2,1-4H3;1H. The molecule has 2 heteroatoms. The fourth-order valence-electron chi connectivity index (χ4n) is 2.05. The Bertz CT molecular complexity index is 206. The van der Waals surface area contributed by atoms with Crippen molar-refractivity contribution in [2.75, 3.05) is 13.1 Å². The van der Waals surface area contributed by atoms with E-state index in [2.05, 4.69) is 33.0 Å². The predicted octanol–water partition coefficient (Wildman–Crippen LogP) is 3.54. The maximum Gasteiger partial charge on any atom is -0.00116 e. The van der Waals surface area contributed by atoms with Gasteiger partial charge in [0.05, 0.1) is 0 Å². The largest absolute Gasteiger partial charge is 0.317 e. The maximum absolute atomic E-state index is 3.39. The van der Waals surface area contributed by atoms with Crippen LogP contribution in [0.2, 0.25) is 0 Å². The van der Waals surface area contributed by atoms with Crippen molar-refractivity contribution in [3.05, 3.63) is 11.1 Å². The summed E-state index contributed by atoms with van der Waals surface area (Å²) >= 11 is 0. The molecule has 0 radical (unpaired) electrons. The van der Waals surface area contributed by atoms with Crippen molar-refractivity contribution in [1.29, 1.82) is 0 Å². The highest BCUT2D eigenvalue weighted by Crippen LogP contribution is 2.42. The van der Waals surface area contributed by atoms with Gasteiger partial charge in [-0.2, -0.15) is 0 Å². The summed E-state index contributed by atoms with van der Waals surface area (Å²) in [6.45, 7) is 11.5. The smallest absolute Gasteiger partial charge is 0.00116 e. The van der Waals surface area contributed by atoms with Crippen LogP contribution in [0, 0.1) is 5.41 Å². The molecule has 0 aliphatic heterocycles. The first-order valence-corrected chi connectivity index (χ1v) is 5.47. The molecule has 1 N–H and O–H groups in total. The summed E-state index contributed by atoms with van der Waals surface area (Å²) in [5.74, 6) is 0. The summed E-state index contributed by atoms with van der Waals surface area (Å²) in [5.41, 5.74) is 3.82. The van der Waals surface area contributed by atoms with E-state index in [0.717, 1.165) is 13.1 Å². The van der Waals surface area contributed by atoms with Crippen molar-refractivity contribution in [1.82, 2.24) is 5.32 Å². The van der Waals surface area contributed by atoms with E-state index in [-0.39, 0.29) is 12.4 Å². The molecule has 0 aromatic rings. The van der Waals surface area contributed by atoms with Gasteiger partial charge in [-0.05, 0) is 44.7 Å². The molecule has 0 aromatic heterocycles. The van der Waals surface area contributed by atoms with Crippen LogP contribution in [-0.4, -0.2) is 13.1 Å². The molecule has 0 bridgehead atoms. The normalized spacial score (nSPS) is 19.7. The van der Waals surface area contributed by atoms with Crippen molar-refractivity contribution in [2.45, 2.75) is 47.0 Å². The fraction of sp³-hybridized carbons (Fsp3) is 0.833. The van der Waals surface area contributed by atoms with Gasteiger partial charge < -0.3 is 5.32 Å². The Labute approximate surface area is 94.8 Å². The number of allylic oxidation sites excluding steroid dienone is 1. The molecule has 1 aliphatic carbocycles. The topological polar surface area (TPSA) is 12.0 Å². The molecule has 1 aliphatic rings. The molecule has 0 saturated heterocycles. The average molecular weight is 218 g/mol. The van der Waals surface area contributed by atoms with Crippen molar-refractivity contribution in [3.8, 4) is 0 Å². The quantitative estimate of drug-likeness (QED) is 0.561. The summed E-state index contributed by atoms with van der Waals surface area (Å²) < 4.78 is 0. The van der Waals surface area contributed by atoms with Crippen LogP contribution in [0.15, 0.2) is 11.1 Å². The highest BCUT2D eigenvalue weighted by atomic mass is 35.5. The van der Waals surface area contributed by atoms with E-state index in [9.17, 15) is 0 Å². The van der Waals surface area contributed by atoms with Gasteiger partial charge in [0.25, 0.3) is 0 Å². The average Bonchev–Trinajstić information content (AvgIpc) is 2.32. The monoisotopic (exact) mass is 217 g/mol. The van der Waals surface area contributed by atoms with Gasteiger partial charge in [-0.1, -0.05) is 31.9 Å². The zero-order valence-corrected chi connectivity index (χ0v) is 10.8. The number of halogens is 1. The van der Waals surface area contributed by atoms with Crippen LogP contribution in [0.3, 0.4) is 0 Å². The Morgan fingerprint density at radius 2 is 2.00 bits per heavy atom. The molecule has 0 heterocycles. The Balaban J connectivity index is 0.00000169. The van der Waals surface area contributed by atoms with Crippen LogP contribution < -0.4 is 5.32 Å². The van der Waals surface area contributed by atoms with Crippen molar-refractivity contribution in [2.24, 2.45) is 5.41 Å². The molecule has 0 aromatic carbocycles. The molecule has 0 atom stereocenters. The third-order valence-electron chi connectivity index (χ3n) is 3.45. The summed E-state index contributed by atoms with van der Waals surface area (Å²) in [6, 6.07) is 0. The van der Waals surface area contributed by atoms with Crippen molar-refractivity contribution in [3.63, 3.8) is 0 Å². The first-order valence-electron chi connectivity index (χ1n) is 5.47. The molecule has 0 unspecified atom stereocenters. The lowest BCUT2D eigenvalue weighted by molar-refractivity contribution is 0.443. The summed E-state index contributed by atoms with van der Waals surface area (Å²) in [7, 11) is 0. The van der Waals surface area contributed by atoms with E-state index < -0.39 is 0 Å². The van der Waals surface area contributed by atoms with Gasteiger partial charge in [-0.25, -0.2) is 0 Å². The van der Waals surface area contributed by atoms with Crippen LogP contribution in [0.25, 0.3) is 0 Å². The second kappa shape index (κ2) is 5.77. The molecule has 1 nitrogen and oxygen atoms in total. The molecule has 84 valence electrons. The first kappa shape index (κ1) is 14.0. The van der Waals surface area contributed by atoms with Crippen molar-refractivity contribution < 1.29 is 0 Å². The zero-order chi connectivity index (χ0) is 9.90. The molecule has 0 saturated carbocycles. The lowest BCUT2D eigenvalue weighted by atomic mass is 9.86. The van der Waals surface area contributed by atoms with Gasteiger partial charge in [0.15, 0.2) is 0 Å². The van der Waals surface area contributed by atoms with Crippen LogP contribution in [0.1, 0.15) is 47.0 Å². The Kier molecular flexibility index (Phi) is 5.77. The van der Waals surface area contributed by atoms with Crippen LogP contribution in [0.5, 0.6) is 0 Å². The van der Waals surface area contributed by atoms with Gasteiger partial charge in [-0.3, -0.25) is 0 Å². The van der Waals surface area contributed by atoms with E-state index >= 15 is 0 Å². The minimum absolute atomic E-state index is 0. The Morgan fingerprint density at radius 1 is 1.36 bits per heavy atom. The van der Waals surface area contributed by atoms with Crippen LogP contribution in [-0.2, 0) is 0 Å². The zero-order valence-electron chi connectivity index (χ0n) is 9.94. The molecule has 1 rings (SSSR count). The summed E-state index contributed by atoms with van der Waals surface area (Å²) in [5, 5.41) is 3.39. The molecule has 0 spiro atoms. The molecule has 0 amide bonds.